The monoisotopic (exact) mass is 138 g/mol. The molecule has 56 valence electrons. The predicted octanol–water partition coefficient (Wildman–Crippen LogP) is 1.93. The van der Waals surface area contributed by atoms with E-state index in [4.69, 9.17) is 0 Å². The van der Waals surface area contributed by atoms with Crippen LogP contribution < -0.4 is 0 Å². The van der Waals surface area contributed by atoms with Gasteiger partial charge in [0.1, 0.15) is 0 Å². The molecule has 0 saturated heterocycles. The summed E-state index contributed by atoms with van der Waals surface area (Å²) in [6, 6.07) is 0. The van der Waals surface area contributed by atoms with Crippen LogP contribution in [0, 0.1) is 5.92 Å². The number of hydrogen-bond acceptors (Lipinski definition) is 2. The zero-order valence-corrected chi connectivity index (χ0v) is 6.83. The van der Waals surface area contributed by atoms with Crippen molar-refractivity contribution in [3.05, 3.63) is 12.8 Å². The number of aliphatic imine (C=N–C) groups is 2. The molecule has 2 heteroatoms. The Morgan fingerprint density at radius 3 is 2.40 bits per heavy atom. The molecule has 0 fully saturated rings. The zero-order chi connectivity index (χ0) is 7.98. The molecule has 0 atom stereocenters. The van der Waals surface area contributed by atoms with Gasteiger partial charge in [-0.1, -0.05) is 20.4 Å². The third-order valence-corrected chi connectivity index (χ3v) is 1.16. The van der Waals surface area contributed by atoms with Crippen molar-refractivity contribution in [2.45, 2.75) is 13.8 Å². The fraction of sp³-hybridized carbons (Fsp3) is 0.500. The molecule has 0 spiro atoms. The van der Waals surface area contributed by atoms with E-state index in [1.54, 1.807) is 13.3 Å². The minimum atomic E-state index is 0.439. The predicted molar refractivity (Wildman–Crippen MR) is 46.9 cm³/mol. The summed E-state index contributed by atoms with van der Waals surface area (Å²) < 4.78 is 0. The van der Waals surface area contributed by atoms with E-state index in [-0.39, 0.29) is 0 Å². The van der Waals surface area contributed by atoms with Crippen LogP contribution in [0.25, 0.3) is 0 Å². The number of rotatable bonds is 3. The highest BCUT2D eigenvalue weighted by atomic mass is 14.7. The van der Waals surface area contributed by atoms with Crippen LogP contribution in [0.3, 0.4) is 0 Å². The lowest BCUT2D eigenvalue weighted by atomic mass is 10.1. The summed E-state index contributed by atoms with van der Waals surface area (Å²) in [5.74, 6) is 0.439. The van der Waals surface area contributed by atoms with Gasteiger partial charge in [-0.2, -0.15) is 0 Å². The Labute approximate surface area is 62.4 Å². The second-order valence-corrected chi connectivity index (χ2v) is 2.26. The summed E-state index contributed by atoms with van der Waals surface area (Å²) in [4.78, 5) is 7.92. The molecule has 0 N–H and O–H groups in total. The van der Waals surface area contributed by atoms with Gasteiger partial charge in [-0.05, 0) is 5.92 Å². The highest BCUT2D eigenvalue weighted by molar-refractivity contribution is 6.31. The first-order valence-corrected chi connectivity index (χ1v) is 3.33. The molecule has 0 saturated carbocycles. The fourth-order valence-corrected chi connectivity index (χ4v) is 0.594. The van der Waals surface area contributed by atoms with Gasteiger partial charge in [-0.15, -0.1) is 0 Å². The Morgan fingerprint density at radius 2 is 2.10 bits per heavy atom. The van der Waals surface area contributed by atoms with Gasteiger partial charge < -0.3 is 0 Å². The average molecular weight is 138 g/mol. The lowest BCUT2D eigenvalue weighted by Gasteiger charge is -2.00. The Hall–Kier alpha value is -0.920. The van der Waals surface area contributed by atoms with Crippen LogP contribution in [0.4, 0.5) is 0 Å². The molecule has 0 unspecified atom stereocenters. The highest BCUT2D eigenvalue weighted by Crippen LogP contribution is 1.93. The normalized spacial score (nSPS) is 13.0. The van der Waals surface area contributed by atoms with Gasteiger partial charge >= 0.3 is 0 Å². The maximum absolute atomic E-state index is 4.04. The second-order valence-electron chi connectivity index (χ2n) is 2.26. The molecule has 0 aliphatic rings. The van der Waals surface area contributed by atoms with Crippen LogP contribution in [0.2, 0.25) is 0 Å². The molecule has 0 rings (SSSR count). The van der Waals surface area contributed by atoms with Crippen molar-refractivity contribution < 1.29 is 0 Å². The van der Waals surface area contributed by atoms with E-state index >= 15 is 0 Å². The summed E-state index contributed by atoms with van der Waals surface area (Å²) in [5.41, 5.74) is 1.000. The van der Waals surface area contributed by atoms with E-state index < -0.39 is 0 Å². The molecule has 2 nitrogen and oxygen atoms in total. The Balaban J connectivity index is 4.10. The molecule has 0 aromatic rings. The maximum Gasteiger partial charge on any atom is 0.0552 e. The molecule has 10 heavy (non-hydrogen) atoms. The van der Waals surface area contributed by atoms with Crippen molar-refractivity contribution in [2.75, 3.05) is 7.05 Å². The average Bonchev–Trinajstić information content (AvgIpc) is 1.89. The standard InChI is InChI=1S/C8H14N2/c1-5-10-6-8(9-4)7(2)3/h5-7H,1H2,2-4H3/b9-8+,10-6-. The summed E-state index contributed by atoms with van der Waals surface area (Å²) >= 11 is 0. The molecule has 0 aromatic heterocycles. The first-order valence-electron chi connectivity index (χ1n) is 3.33. The topological polar surface area (TPSA) is 24.7 Å². The first-order chi connectivity index (χ1) is 4.72. The van der Waals surface area contributed by atoms with Gasteiger partial charge in [0, 0.05) is 19.5 Å². The van der Waals surface area contributed by atoms with Crippen molar-refractivity contribution in [3.8, 4) is 0 Å². The number of nitrogens with zero attached hydrogens (tertiary/aromatic N) is 2. The van der Waals surface area contributed by atoms with Crippen LogP contribution in [0.1, 0.15) is 13.8 Å². The minimum Gasteiger partial charge on any atom is -0.291 e. The largest absolute Gasteiger partial charge is 0.291 e. The highest BCUT2D eigenvalue weighted by Gasteiger charge is 1.97. The second kappa shape index (κ2) is 4.91. The third-order valence-electron chi connectivity index (χ3n) is 1.16. The lowest BCUT2D eigenvalue weighted by Crippen LogP contribution is -2.08. The molecular weight excluding hydrogens is 124 g/mol. The van der Waals surface area contributed by atoms with E-state index in [1.807, 2.05) is 0 Å². The van der Waals surface area contributed by atoms with Gasteiger partial charge in [-0.25, -0.2) is 0 Å². The van der Waals surface area contributed by atoms with Crippen molar-refractivity contribution in [3.63, 3.8) is 0 Å². The maximum atomic E-state index is 4.04. The van der Waals surface area contributed by atoms with Crippen molar-refractivity contribution in [1.82, 2.24) is 0 Å². The van der Waals surface area contributed by atoms with Crippen LogP contribution in [0.15, 0.2) is 22.8 Å². The van der Waals surface area contributed by atoms with Gasteiger partial charge in [0.25, 0.3) is 0 Å². The quantitative estimate of drug-likeness (QED) is 0.532. The lowest BCUT2D eigenvalue weighted by molar-refractivity contribution is 0.893. The summed E-state index contributed by atoms with van der Waals surface area (Å²) in [6.07, 6.45) is 3.24. The smallest absolute Gasteiger partial charge is 0.0552 e. The van der Waals surface area contributed by atoms with Crippen LogP contribution >= 0.6 is 0 Å². The SMILES string of the molecule is C=C/N=C\C(=N/C)C(C)C. The molecule has 0 bridgehead atoms. The van der Waals surface area contributed by atoms with Crippen LogP contribution in [-0.2, 0) is 0 Å². The molecule has 0 heterocycles. The van der Waals surface area contributed by atoms with E-state index in [1.165, 1.54) is 6.20 Å². The summed E-state index contributed by atoms with van der Waals surface area (Å²) in [6.45, 7) is 7.63. The van der Waals surface area contributed by atoms with Crippen LogP contribution in [-0.4, -0.2) is 19.0 Å². The summed E-state index contributed by atoms with van der Waals surface area (Å²) in [5, 5.41) is 0. The van der Waals surface area contributed by atoms with E-state index in [9.17, 15) is 0 Å². The Morgan fingerprint density at radius 1 is 1.50 bits per heavy atom. The Bertz CT molecular complexity index is 155. The van der Waals surface area contributed by atoms with E-state index in [0.717, 1.165) is 5.71 Å². The molecular formula is C8H14N2. The molecule has 0 aromatic carbocycles. The van der Waals surface area contributed by atoms with E-state index in [0.29, 0.717) is 5.92 Å². The van der Waals surface area contributed by atoms with E-state index in [2.05, 4.69) is 30.4 Å². The Kier molecular flexibility index (Phi) is 4.46. The van der Waals surface area contributed by atoms with Gasteiger partial charge in [0.2, 0.25) is 0 Å². The first kappa shape index (κ1) is 9.08. The minimum absolute atomic E-state index is 0.439. The van der Waals surface area contributed by atoms with Gasteiger partial charge in [0.15, 0.2) is 0 Å². The van der Waals surface area contributed by atoms with Crippen molar-refractivity contribution in [2.24, 2.45) is 15.9 Å². The molecule has 0 amide bonds. The molecule has 0 radical (unpaired) electrons. The van der Waals surface area contributed by atoms with Crippen LogP contribution in [0.5, 0.6) is 0 Å². The summed E-state index contributed by atoms with van der Waals surface area (Å²) in [7, 11) is 1.77. The molecule has 0 aliphatic heterocycles. The fourth-order valence-electron chi connectivity index (χ4n) is 0.594. The van der Waals surface area contributed by atoms with Gasteiger partial charge in [0.05, 0.1) is 5.71 Å². The molecule has 0 aliphatic carbocycles. The van der Waals surface area contributed by atoms with Gasteiger partial charge in [-0.3, -0.25) is 9.98 Å². The zero-order valence-electron chi connectivity index (χ0n) is 6.83. The van der Waals surface area contributed by atoms with Crippen molar-refractivity contribution >= 4 is 11.9 Å². The third kappa shape index (κ3) is 3.17. The van der Waals surface area contributed by atoms with Crippen molar-refractivity contribution in [1.29, 1.82) is 0 Å². The number of hydrogen-bond donors (Lipinski definition) is 0.